The molecule has 5 nitrogen and oxygen atoms in total. The lowest BCUT2D eigenvalue weighted by Gasteiger charge is -2.16. The average Bonchev–Trinajstić information content (AvgIpc) is 2.39. The van der Waals surface area contributed by atoms with Gasteiger partial charge in [0.25, 0.3) is 5.92 Å². The fourth-order valence-electron chi connectivity index (χ4n) is 1.23. The summed E-state index contributed by atoms with van der Waals surface area (Å²) in [6.07, 6.45) is 0. The van der Waals surface area contributed by atoms with Crippen molar-refractivity contribution in [2.24, 2.45) is 5.73 Å². The molecule has 1 aromatic rings. The first-order valence-electron chi connectivity index (χ1n) is 5.23. The van der Waals surface area contributed by atoms with Gasteiger partial charge in [0.15, 0.2) is 0 Å². The molecule has 11 heteroatoms. The second-order valence-electron chi connectivity index (χ2n) is 3.80. The predicted molar refractivity (Wildman–Crippen MR) is 77.1 cm³/mol. The number of ether oxygens (including phenoxy) is 1. The van der Waals surface area contributed by atoms with Crippen LogP contribution in [0, 0.1) is 5.82 Å². The van der Waals surface area contributed by atoms with Gasteiger partial charge >= 0.3 is 0 Å². The van der Waals surface area contributed by atoms with Gasteiger partial charge in [-0.05, 0) is 28.1 Å². The van der Waals surface area contributed by atoms with Crippen molar-refractivity contribution in [2.45, 2.75) is 10.8 Å². The van der Waals surface area contributed by atoms with Crippen LogP contribution >= 0.6 is 28.3 Å². The molecule has 0 atom stereocenters. The van der Waals surface area contributed by atoms with E-state index in [1.807, 2.05) is 0 Å². The third kappa shape index (κ3) is 5.29. The van der Waals surface area contributed by atoms with E-state index in [4.69, 9.17) is 10.5 Å². The Labute approximate surface area is 134 Å². The van der Waals surface area contributed by atoms with Gasteiger partial charge in [-0.25, -0.2) is 26.3 Å². The number of benzene rings is 1. The first kappa shape index (κ1) is 20.5. The van der Waals surface area contributed by atoms with Gasteiger partial charge < -0.3 is 10.5 Å². The van der Waals surface area contributed by atoms with Crippen molar-refractivity contribution >= 4 is 38.4 Å². The molecule has 0 radical (unpaired) electrons. The lowest BCUT2D eigenvalue weighted by molar-refractivity contribution is 0.0170. The van der Waals surface area contributed by atoms with Crippen LogP contribution in [-0.4, -0.2) is 34.5 Å². The molecule has 0 heterocycles. The SMILES string of the molecule is COc1cc(Br)c(F)cc1S(=O)(=O)NCC(F)(F)CN.Cl. The minimum Gasteiger partial charge on any atom is -0.495 e. The number of hydrogen-bond donors (Lipinski definition) is 2. The van der Waals surface area contributed by atoms with Crippen molar-refractivity contribution < 1.29 is 26.3 Å². The Bertz CT molecular complexity index is 601. The number of sulfonamides is 1. The number of alkyl halides is 2. The van der Waals surface area contributed by atoms with E-state index in [0.717, 1.165) is 6.07 Å². The van der Waals surface area contributed by atoms with E-state index in [9.17, 15) is 21.6 Å². The van der Waals surface area contributed by atoms with Gasteiger partial charge in [-0.2, -0.15) is 0 Å². The average molecular weight is 414 g/mol. The first-order chi connectivity index (χ1) is 9.13. The second-order valence-corrected chi connectivity index (χ2v) is 6.39. The van der Waals surface area contributed by atoms with Crippen LogP contribution in [-0.2, 0) is 10.0 Å². The molecule has 0 saturated carbocycles. The number of rotatable bonds is 6. The Morgan fingerprint density at radius 3 is 2.48 bits per heavy atom. The van der Waals surface area contributed by atoms with Gasteiger partial charge in [-0.3, -0.25) is 0 Å². The molecule has 0 aromatic heterocycles. The molecule has 1 rings (SSSR count). The van der Waals surface area contributed by atoms with E-state index in [2.05, 4.69) is 15.9 Å². The van der Waals surface area contributed by atoms with Crippen LogP contribution in [0.3, 0.4) is 0 Å². The molecule has 0 bridgehead atoms. The van der Waals surface area contributed by atoms with Crippen LogP contribution in [0.4, 0.5) is 13.2 Å². The van der Waals surface area contributed by atoms with E-state index >= 15 is 0 Å². The van der Waals surface area contributed by atoms with Crippen LogP contribution < -0.4 is 15.2 Å². The van der Waals surface area contributed by atoms with Crippen molar-refractivity contribution in [2.75, 3.05) is 20.2 Å². The Kier molecular flexibility index (Phi) is 7.43. The third-order valence-corrected chi connectivity index (χ3v) is 4.35. The largest absolute Gasteiger partial charge is 0.495 e. The highest BCUT2D eigenvalue weighted by atomic mass is 79.9. The van der Waals surface area contributed by atoms with Gasteiger partial charge in [-0.15, -0.1) is 12.4 Å². The van der Waals surface area contributed by atoms with E-state index in [1.54, 1.807) is 4.72 Å². The molecule has 0 aliphatic heterocycles. The molecule has 0 saturated heterocycles. The number of halogens is 5. The Morgan fingerprint density at radius 2 is 2.00 bits per heavy atom. The van der Waals surface area contributed by atoms with Gasteiger partial charge in [0.05, 0.1) is 24.7 Å². The van der Waals surface area contributed by atoms with Crippen molar-refractivity contribution in [1.82, 2.24) is 4.72 Å². The molecule has 0 unspecified atom stereocenters. The highest BCUT2D eigenvalue weighted by molar-refractivity contribution is 9.10. The molecule has 0 aliphatic carbocycles. The summed E-state index contributed by atoms with van der Waals surface area (Å²) in [6.45, 7) is -2.20. The van der Waals surface area contributed by atoms with Crippen LogP contribution in [0.5, 0.6) is 5.75 Å². The van der Waals surface area contributed by atoms with Crippen molar-refractivity contribution in [3.63, 3.8) is 0 Å². The summed E-state index contributed by atoms with van der Waals surface area (Å²) >= 11 is 2.86. The molecule has 1 aromatic carbocycles. The predicted octanol–water partition coefficient (Wildman–Crippen LogP) is 1.89. The number of methoxy groups -OCH3 is 1. The van der Waals surface area contributed by atoms with E-state index in [0.29, 0.717) is 6.07 Å². The second kappa shape index (κ2) is 7.63. The van der Waals surface area contributed by atoms with Crippen LogP contribution in [0.25, 0.3) is 0 Å². The lowest BCUT2D eigenvalue weighted by Crippen LogP contribution is -2.41. The van der Waals surface area contributed by atoms with Crippen molar-refractivity contribution in [3.8, 4) is 5.75 Å². The first-order valence-corrected chi connectivity index (χ1v) is 7.51. The summed E-state index contributed by atoms with van der Waals surface area (Å²) in [5, 5.41) is 0. The zero-order valence-electron chi connectivity index (χ0n) is 10.7. The number of hydrogen-bond acceptors (Lipinski definition) is 4. The summed E-state index contributed by atoms with van der Waals surface area (Å²) in [4.78, 5) is -0.575. The standard InChI is InChI=1S/C10H12BrF3N2O3S.ClH/c1-19-8-2-6(11)7(12)3-9(8)20(17,18)16-5-10(13,14)4-15;/h2-3,16H,4-5,15H2,1H3;1H. The molecular formula is C10H13BrClF3N2O3S. The normalized spacial score (nSPS) is 11.9. The summed E-state index contributed by atoms with van der Waals surface area (Å²) in [7, 11) is -3.18. The van der Waals surface area contributed by atoms with Crippen LogP contribution in [0.15, 0.2) is 21.5 Å². The molecular weight excluding hydrogens is 401 g/mol. The zero-order valence-corrected chi connectivity index (χ0v) is 13.9. The summed E-state index contributed by atoms with van der Waals surface area (Å²) < 4.78 is 69.6. The maximum absolute atomic E-state index is 13.4. The lowest BCUT2D eigenvalue weighted by atomic mass is 10.3. The van der Waals surface area contributed by atoms with E-state index in [-0.39, 0.29) is 22.6 Å². The quantitative estimate of drug-likeness (QED) is 0.746. The maximum atomic E-state index is 13.4. The molecule has 21 heavy (non-hydrogen) atoms. The van der Waals surface area contributed by atoms with E-state index in [1.165, 1.54) is 7.11 Å². The molecule has 0 amide bonds. The smallest absolute Gasteiger partial charge is 0.273 e. The molecule has 3 N–H and O–H groups in total. The number of nitrogens with two attached hydrogens (primary N) is 1. The Morgan fingerprint density at radius 1 is 1.43 bits per heavy atom. The van der Waals surface area contributed by atoms with Gasteiger partial charge in [0, 0.05) is 0 Å². The minimum absolute atomic E-state index is 0. The van der Waals surface area contributed by atoms with Crippen molar-refractivity contribution in [1.29, 1.82) is 0 Å². The summed E-state index contributed by atoms with van der Waals surface area (Å²) in [5.41, 5.74) is 4.80. The Balaban J connectivity index is 0.00000400. The molecule has 0 aliphatic rings. The zero-order chi connectivity index (χ0) is 15.6. The highest BCUT2D eigenvalue weighted by Crippen LogP contribution is 2.30. The van der Waals surface area contributed by atoms with Crippen molar-refractivity contribution in [3.05, 3.63) is 22.4 Å². The highest BCUT2D eigenvalue weighted by Gasteiger charge is 2.30. The Hall–Kier alpha value is -0.550. The fourth-order valence-corrected chi connectivity index (χ4v) is 2.78. The third-order valence-electron chi connectivity index (χ3n) is 2.32. The minimum atomic E-state index is -4.36. The molecule has 0 spiro atoms. The van der Waals surface area contributed by atoms with E-state index < -0.39 is 39.7 Å². The van der Waals surface area contributed by atoms with Crippen LogP contribution in [0.2, 0.25) is 0 Å². The van der Waals surface area contributed by atoms with Gasteiger partial charge in [0.2, 0.25) is 10.0 Å². The topological polar surface area (TPSA) is 81.4 Å². The summed E-state index contributed by atoms with van der Waals surface area (Å²) in [6, 6.07) is 1.76. The van der Waals surface area contributed by atoms with Gasteiger partial charge in [0.1, 0.15) is 16.5 Å². The maximum Gasteiger partial charge on any atom is 0.273 e. The number of nitrogens with one attached hydrogen (secondary N) is 1. The molecule has 0 fully saturated rings. The van der Waals surface area contributed by atoms with Crippen LogP contribution in [0.1, 0.15) is 0 Å². The molecule has 122 valence electrons. The summed E-state index contributed by atoms with van der Waals surface area (Å²) in [5.74, 6) is -4.44. The monoisotopic (exact) mass is 412 g/mol. The van der Waals surface area contributed by atoms with Gasteiger partial charge in [-0.1, -0.05) is 0 Å². The fraction of sp³-hybridized carbons (Fsp3) is 0.400.